The van der Waals surface area contributed by atoms with Crippen molar-refractivity contribution in [2.24, 2.45) is 0 Å². The lowest BCUT2D eigenvalue weighted by molar-refractivity contribution is 0.0963. The van der Waals surface area contributed by atoms with Crippen molar-refractivity contribution in [3.05, 3.63) is 15.6 Å². The molecule has 1 aromatic rings. The average molecular weight is 296 g/mol. The van der Waals surface area contributed by atoms with Crippen molar-refractivity contribution >= 4 is 11.3 Å². The quantitative estimate of drug-likeness (QED) is 0.876. The normalized spacial score (nSPS) is 30.1. The lowest BCUT2D eigenvalue weighted by Crippen LogP contribution is -2.38. The van der Waals surface area contributed by atoms with Crippen LogP contribution in [0.3, 0.4) is 0 Å². The zero-order valence-corrected chi connectivity index (χ0v) is 13.3. The molecule has 1 N–H and O–H groups in total. The summed E-state index contributed by atoms with van der Waals surface area (Å²) in [4.78, 5) is 6.02. The molecule has 2 saturated heterocycles. The number of nitrogens with zero attached hydrogens (tertiary/aromatic N) is 1. The molecule has 5 heteroatoms. The zero-order valence-electron chi connectivity index (χ0n) is 12.5. The van der Waals surface area contributed by atoms with E-state index in [1.165, 1.54) is 29.1 Å². The van der Waals surface area contributed by atoms with Gasteiger partial charge >= 0.3 is 0 Å². The van der Waals surface area contributed by atoms with Crippen molar-refractivity contribution in [2.75, 3.05) is 13.7 Å². The maximum absolute atomic E-state index is 5.92. The Morgan fingerprint density at radius 1 is 1.50 bits per heavy atom. The van der Waals surface area contributed by atoms with Gasteiger partial charge in [0.25, 0.3) is 0 Å². The van der Waals surface area contributed by atoms with Gasteiger partial charge in [0.05, 0.1) is 29.5 Å². The topological polar surface area (TPSA) is 43.4 Å². The van der Waals surface area contributed by atoms with Gasteiger partial charge < -0.3 is 14.8 Å². The SMILES string of the molecule is COCCc1nc(C)c(C(C)NC2CC3CCC2O3)s1. The second-order valence-corrected chi connectivity index (χ2v) is 7.02. The van der Waals surface area contributed by atoms with Gasteiger partial charge in [-0.3, -0.25) is 0 Å². The van der Waals surface area contributed by atoms with E-state index in [1.54, 1.807) is 7.11 Å². The minimum absolute atomic E-state index is 0.358. The molecule has 20 heavy (non-hydrogen) atoms. The Kier molecular flexibility index (Phi) is 4.40. The van der Waals surface area contributed by atoms with Gasteiger partial charge in [-0.1, -0.05) is 0 Å². The standard InChI is InChI=1S/C15H24N2O2S/c1-9(16-12-8-11-4-5-13(12)19-11)15-10(2)17-14(20-15)6-7-18-3/h9,11-13,16H,4-8H2,1-3H3. The minimum Gasteiger partial charge on any atom is -0.384 e. The fourth-order valence-electron chi connectivity index (χ4n) is 3.37. The van der Waals surface area contributed by atoms with Crippen LogP contribution in [0.25, 0.3) is 0 Å². The van der Waals surface area contributed by atoms with E-state index in [-0.39, 0.29) is 0 Å². The Labute approximate surface area is 124 Å². The molecule has 0 aliphatic carbocycles. The van der Waals surface area contributed by atoms with E-state index in [2.05, 4.69) is 24.1 Å². The van der Waals surface area contributed by atoms with E-state index in [1.807, 2.05) is 11.3 Å². The Hall–Kier alpha value is -0.490. The summed E-state index contributed by atoms with van der Waals surface area (Å²) in [6.07, 6.45) is 5.48. The smallest absolute Gasteiger partial charge is 0.0954 e. The van der Waals surface area contributed by atoms with Crippen LogP contribution in [0.5, 0.6) is 0 Å². The third-order valence-corrected chi connectivity index (χ3v) is 5.76. The first kappa shape index (κ1) is 14.4. The van der Waals surface area contributed by atoms with Crippen molar-refractivity contribution in [2.45, 2.75) is 63.8 Å². The van der Waals surface area contributed by atoms with Crippen molar-refractivity contribution in [3.63, 3.8) is 0 Å². The Balaban J connectivity index is 1.61. The summed E-state index contributed by atoms with van der Waals surface area (Å²) in [5, 5.41) is 4.93. The maximum atomic E-state index is 5.92. The summed E-state index contributed by atoms with van der Waals surface area (Å²) >= 11 is 1.82. The molecule has 0 saturated carbocycles. The molecule has 2 fully saturated rings. The lowest BCUT2D eigenvalue weighted by Gasteiger charge is -2.24. The number of rotatable bonds is 6. The van der Waals surface area contributed by atoms with Gasteiger partial charge in [-0.2, -0.15) is 0 Å². The van der Waals surface area contributed by atoms with Crippen LogP contribution in [0.1, 0.15) is 47.8 Å². The predicted molar refractivity (Wildman–Crippen MR) is 80.3 cm³/mol. The highest BCUT2D eigenvalue weighted by atomic mass is 32.1. The van der Waals surface area contributed by atoms with E-state index >= 15 is 0 Å². The Morgan fingerprint density at radius 3 is 3.00 bits per heavy atom. The molecule has 0 spiro atoms. The van der Waals surface area contributed by atoms with Gasteiger partial charge in [-0.05, 0) is 33.1 Å². The molecule has 3 rings (SSSR count). The molecule has 2 aliphatic heterocycles. The van der Waals surface area contributed by atoms with Crippen molar-refractivity contribution in [1.29, 1.82) is 0 Å². The van der Waals surface area contributed by atoms with Crippen LogP contribution in [0.15, 0.2) is 0 Å². The summed E-state index contributed by atoms with van der Waals surface area (Å²) in [7, 11) is 1.74. The number of hydrogen-bond donors (Lipinski definition) is 1. The first-order valence-corrected chi connectivity index (χ1v) is 8.35. The molecule has 2 bridgehead atoms. The third-order valence-electron chi connectivity index (χ3n) is 4.36. The maximum Gasteiger partial charge on any atom is 0.0954 e. The fraction of sp³-hybridized carbons (Fsp3) is 0.800. The predicted octanol–water partition coefficient (Wildman–Crippen LogP) is 2.61. The van der Waals surface area contributed by atoms with Crippen LogP contribution in [-0.2, 0) is 15.9 Å². The first-order chi connectivity index (χ1) is 9.67. The van der Waals surface area contributed by atoms with Crippen LogP contribution in [0, 0.1) is 6.92 Å². The largest absolute Gasteiger partial charge is 0.384 e. The van der Waals surface area contributed by atoms with Gasteiger partial charge in [-0.25, -0.2) is 4.98 Å². The molecular weight excluding hydrogens is 272 g/mol. The van der Waals surface area contributed by atoms with Gasteiger partial charge in [0.2, 0.25) is 0 Å². The van der Waals surface area contributed by atoms with Crippen LogP contribution >= 0.6 is 11.3 Å². The van der Waals surface area contributed by atoms with Gasteiger partial charge in [-0.15, -0.1) is 11.3 Å². The number of aromatic nitrogens is 1. The van der Waals surface area contributed by atoms with E-state index < -0.39 is 0 Å². The molecule has 112 valence electrons. The number of ether oxygens (including phenoxy) is 2. The third kappa shape index (κ3) is 2.91. The van der Waals surface area contributed by atoms with Crippen LogP contribution in [0.2, 0.25) is 0 Å². The van der Waals surface area contributed by atoms with E-state index in [4.69, 9.17) is 9.47 Å². The Morgan fingerprint density at radius 2 is 2.35 bits per heavy atom. The number of fused-ring (bicyclic) bond motifs is 2. The molecule has 1 aromatic heterocycles. The lowest BCUT2D eigenvalue weighted by atomic mass is 9.95. The van der Waals surface area contributed by atoms with E-state index in [0.717, 1.165) is 18.7 Å². The molecular formula is C15H24N2O2S. The van der Waals surface area contributed by atoms with Gasteiger partial charge in [0.1, 0.15) is 0 Å². The van der Waals surface area contributed by atoms with Crippen LogP contribution < -0.4 is 5.32 Å². The average Bonchev–Trinajstić information content (AvgIpc) is 3.11. The highest BCUT2D eigenvalue weighted by Crippen LogP contribution is 2.36. The number of hydrogen-bond acceptors (Lipinski definition) is 5. The number of nitrogens with one attached hydrogen (secondary N) is 1. The summed E-state index contributed by atoms with van der Waals surface area (Å²) in [5.41, 5.74) is 1.16. The molecule has 4 unspecified atom stereocenters. The first-order valence-electron chi connectivity index (χ1n) is 7.54. The molecule has 4 atom stereocenters. The second kappa shape index (κ2) is 6.10. The van der Waals surface area contributed by atoms with Crippen molar-refractivity contribution in [1.82, 2.24) is 10.3 Å². The summed E-state index contributed by atoms with van der Waals surface area (Å²) in [6, 6.07) is 0.879. The molecule has 4 nitrogen and oxygen atoms in total. The molecule has 3 heterocycles. The highest BCUT2D eigenvalue weighted by Gasteiger charge is 2.41. The summed E-state index contributed by atoms with van der Waals surface area (Å²) in [5.74, 6) is 0. The second-order valence-electron chi connectivity index (χ2n) is 5.90. The molecule has 0 radical (unpaired) electrons. The monoisotopic (exact) mass is 296 g/mol. The molecule has 2 aliphatic rings. The summed E-state index contributed by atoms with van der Waals surface area (Å²) < 4.78 is 11.0. The van der Waals surface area contributed by atoms with E-state index in [0.29, 0.717) is 24.3 Å². The number of methoxy groups -OCH3 is 1. The van der Waals surface area contributed by atoms with E-state index in [9.17, 15) is 0 Å². The summed E-state index contributed by atoms with van der Waals surface area (Å²) in [6.45, 7) is 5.10. The Bertz CT molecular complexity index is 463. The van der Waals surface area contributed by atoms with Crippen molar-refractivity contribution < 1.29 is 9.47 Å². The van der Waals surface area contributed by atoms with Gasteiger partial charge in [0, 0.05) is 30.5 Å². The molecule has 0 aromatic carbocycles. The minimum atomic E-state index is 0.358. The van der Waals surface area contributed by atoms with Crippen LogP contribution in [0.4, 0.5) is 0 Å². The number of thiazole rings is 1. The molecule has 0 amide bonds. The van der Waals surface area contributed by atoms with Gasteiger partial charge in [0.15, 0.2) is 0 Å². The highest BCUT2D eigenvalue weighted by molar-refractivity contribution is 7.11. The van der Waals surface area contributed by atoms with Crippen LogP contribution in [-0.4, -0.2) is 37.0 Å². The zero-order chi connectivity index (χ0) is 14.1. The number of aryl methyl sites for hydroxylation is 1. The fourth-order valence-corrected chi connectivity index (χ4v) is 4.43. The van der Waals surface area contributed by atoms with Crippen molar-refractivity contribution in [3.8, 4) is 0 Å².